The van der Waals surface area contributed by atoms with Gasteiger partial charge >= 0.3 is 0 Å². The summed E-state index contributed by atoms with van der Waals surface area (Å²) in [6.07, 6.45) is 1.17. The number of hydrogen-bond donors (Lipinski definition) is 1. The number of ether oxygens (including phenoxy) is 2. The highest BCUT2D eigenvalue weighted by atomic mass is 16.5. The smallest absolute Gasteiger partial charge is 0.119 e. The SMILES string of the molecule is CC(N)c1cccc(-c2cc(COc3ccccc3)cc(N3CC4(CCOC4)C3)c2)c1. The average Bonchev–Trinajstić information content (AvgIpc) is 3.28. The molecule has 4 heteroatoms. The van der Waals surface area contributed by atoms with Gasteiger partial charge in [0.15, 0.2) is 0 Å². The van der Waals surface area contributed by atoms with Crippen molar-refractivity contribution in [1.82, 2.24) is 0 Å². The van der Waals surface area contributed by atoms with Gasteiger partial charge in [0.25, 0.3) is 0 Å². The summed E-state index contributed by atoms with van der Waals surface area (Å²) >= 11 is 0. The van der Waals surface area contributed by atoms with Crippen LogP contribution in [0.5, 0.6) is 5.75 Å². The van der Waals surface area contributed by atoms with Gasteiger partial charge in [0.2, 0.25) is 0 Å². The lowest BCUT2D eigenvalue weighted by Crippen LogP contribution is -2.57. The molecular weight excluding hydrogens is 384 g/mol. The van der Waals surface area contributed by atoms with E-state index in [-0.39, 0.29) is 6.04 Å². The van der Waals surface area contributed by atoms with Crippen LogP contribution in [0.2, 0.25) is 0 Å². The standard InChI is InChI=1S/C27H30N2O2/c1-20(28)22-6-5-7-23(14-22)24-12-21(16-31-26-8-3-2-4-9-26)13-25(15-24)29-17-27(18-29)10-11-30-19-27/h2-9,12-15,20H,10-11,16-19,28H2,1H3. The molecule has 2 N–H and O–H groups in total. The van der Waals surface area contributed by atoms with Gasteiger partial charge in [-0.05, 0) is 72.0 Å². The molecular formula is C27H30N2O2. The number of para-hydroxylation sites is 1. The zero-order valence-electron chi connectivity index (χ0n) is 18.1. The molecule has 0 bridgehead atoms. The number of nitrogens with two attached hydrogens (primary N) is 1. The zero-order valence-corrected chi connectivity index (χ0v) is 18.1. The van der Waals surface area contributed by atoms with Crippen LogP contribution in [0, 0.1) is 5.41 Å². The molecule has 4 nitrogen and oxygen atoms in total. The molecule has 2 aliphatic rings. The number of rotatable bonds is 6. The van der Waals surface area contributed by atoms with Gasteiger partial charge in [0.1, 0.15) is 12.4 Å². The Bertz CT molecular complexity index is 1030. The van der Waals surface area contributed by atoms with Crippen molar-refractivity contribution in [1.29, 1.82) is 0 Å². The van der Waals surface area contributed by atoms with Crippen molar-refractivity contribution >= 4 is 5.69 Å². The third-order valence-corrected chi connectivity index (χ3v) is 6.47. The van der Waals surface area contributed by atoms with Gasteiger partial charge in [-0.3, -0.25) is 0 Å². The lowest BCUT2D eigenvalue weighted by Gasteiger charge is -2.48. The second-order valence-electron chi connectivity index (χ2n) is 9.06. The highest BCUT2D eigenvalue weighted by Gasteiger charge is 2.45. The minimum Gasteiger partial charge on any atom is -0.489 e. The highest BCUT2D eigenvalue weighted by Crippen LogP contribution is 2.42. The number of hydrogen-bond acceptors (Lipinski definition) is 4. The van der Waals surface area contributed by atoms with E-state index in [2.05, 4.69) is 47.4 Å². The van der Waals surface area contributed by atoms with Crippen molar-refractivity contribution in [2.24, 2.45) is 11.1 Å². The van der Waals surface area contributed by atoms with Gasteiger partial charge in [-0.25, -0.2) is 0 Å². The van der Waals surface area contributed by atoms with Gasteiger partial charge in [-0.15, -0.1) is 0 Å². The molecule has 3 aromatic carbocycles. The van der Waals surface area contributed by atoms with Crippen LogP contribution >= 0.6 is 0 Å². The maximum absolute atomic E-state index is 6.14. The van der Waals surface area contributed by atoms with Crippen LogP contribution in [-0.2, 0) is 11.3 Å². The van der Waals surface area contributed by atoms with E-state index in [1.807, 2.05) is 37.3 Å². The van der Waals surface area contributed by atoms with Crippen LogP contribution < -0.4 is 15.4 Å². The Hall–Kier alpha value is -2.82. The molecule has 3 aromatic rings. The van der Waals surface area contributed by atoms with E-state index in [0.29, 0.717) is 12.0 Å². The van der Waals surface area contributed by atoms with Crippen molar-refractivity contribution in [3.8, 4) is 16.9 Å². The van der Waals surface area contributed by atoms with Crippen LogP contribution in [0.15, 0.2) is 72.8 Å². The largest absolute Gasteiger partial charge is 0.489 e. The van der Waals surface area contributed by atoms with Crippen molar-refractivity contribution < 1.29 is 9.47 Å². The third-order valence-electron chi connectivity index (χ3n) is 6.47. The summed E-state index contributed by atoms with van der Waals surface area (Å²) in [7, 11) is 0. The molecule has 160 valence electrons. The van der Waals surface area contributed by atoms with Crippen LogP contribution in [0.1, 0.15) is 30.5 Å². The first-order chi connectivity index (χ1) is 15.1. The number of nitrogens with zero attached hydrogens (tertiary/aromatic N) is 1. The summed E-state index contributed by atoms with van der Waals surface area (Å²) in [6, 6.07) is 25.4. The maximum atomic E-state index is 6.14. The van der Waals surface area contributed by atoms with E-state index in [1.165, 1.54) is 28.8 Å². The molecule has 1 spiro atoms. The molecule has 0 aromatic heterocycles. The molecule has 1 unspecified atom stereocenters. The molecule has 31 heavy (non-hydrogen) atoms. The summed E-state index contributed by atoms with van der Waals surface area (Å²) in [6.45, 7) is 6.49. The van der Waals surface area contributed by atoms with Gasteiger partial charge < -0.3 is 20.1 Å². The minimum absolute atomic E-state index is 0.0154. The molecule has 1 atom stereocenters. The maximum Gasteiger partial charge on any atom is 0.119 e. The Morgan fingerprint density at radius 2 is 1.84 bits per heavy atom. The molecule has 2 aliphatic heterocycles. The topological polar surface area (TPSA) is 47.7 Å². The van der Waals surface area contributed by atoms with E-state index in [0.717, 1.165) is 37.6 Å². The summed E-state index contributed by atoms with van der Waals surface area (Å²) in [5.74, 6) is 0.888. The average molecular weight is 415 g/mol. The summed E-state index contributed by atoms with van der Waals surface area (Å²) in [4.78, 5) is 2.47. The number of anilines is 1. The Morgan fingerprint density at radius 1 is 1.00 bits per heavy atom. The van der Waals surface area contributed by atoms with Crippen molar-refractivity contribution in [2.45, 2.75) is 26.0 Å². The van der Waals surface area contributed by atoms with Gasteiger partial charge in [0.05, 0.1) is 6.61 Å². The summed E-state index contributed by atoms with van der Waals surface area (Å²) < 4.78 is 11.7. The Morgan fingerprint density at radius 3 is 2.58 bits per heavy atom. The third kappa shape index (κ3) is 4.32. The fourth-order valence-corrected chi connectivity index (χ4v) is 4.64. The molecule has 0 aliphatic carbocycles. The predicted octanol–water partition coefficient (Wildman–Crippen LogP) is 5.18. The fraction of sp³-hybridized carbons (Fsp3) is 0.333. The molecule has 2 heterocycles. The molecule has 2 saturated heterocycles. The van der Waals surface area contributed by atoms with Crippen LogP contribution in [0.3, 0.4) is 0 Å². The normalized spacial score (nSPS) is 18.1. The lowest BCUT2D eigenvalue weighted by atomic mass is 9.79. The lowest BCUT2D eigenvalue weighted by molar-refractivity contribution is 0.131. The van der Waals surface area contributed by atoms with E-state index in [9.17, 15) is 0 Å². The molecule has 0 saturated carbocycles. The molecule has 0 radical (unpaired) electrons. The predicted molar refractivity (Wildman–Crippen MR) is 125 cm³/mol. The van der Waals surface area contributed by atoms with E-state index in [1.54, 1.807) is 0 Å². The van der Waals surface area contributed by atoms with Crippen LogP contribution in [-0.4, -0.2) is 26.3 Å². The number of benzene rings is 3. The zero-order chi connectivity index (χ0) is 21.3. The van der Waals surface area contributed by atoms with Crippen molar-refractivity contribution in [2.75, 3.05) is 31.2 Å². The van der Waals surface area contributed by atoms with E-state index in [4.69, 9.17) is 15.2 Å². The quantitative estimate of drug-likeness (QED) is 0.604. The molecule has 5 rings (SSSR count). The van der Waals surface area contributed by atoms with Gasteiger partial charge in [-0.2, -0.15) is 0 Å². The summed E-state index contributed by atoms with van der Waals surface area (Å²) in [5.41, 5.74) is 12.5. The van der Waals surface area contributed by atoms with E-state index >= 15 is 0 Å². The highest BCUT2D eigenvalue weighted by molar-refractivity contribution is 5.71. The van der Waals surface area contributed by atoms with E-state index < -0.39 is 0 Å². The fourth-order valence-electron chi connectivity index (χ4n) is 4.64. The first-order valence-electron chi connectivity index (χ1n) is 11.1. The second kappa shape index (κ2) is 8.37. The first-order valence-corrected chi connectivity index (χ1v) is 11.1. The van der Waals surface area contributed by atoms with Gasteiger partial charge in [0, 0.05) is 36.8 Å². The van der Waals surface area contributed by atoms with Gasteiger partial charge in [-0.1, -0.05) is 36.4 Å². The minimum atomic E-state index is 0.0154. The Balaban J connectivity index is 1.44. The molecule has 0 amide bonds. The Labute approximate surface area is 184 Å². The van der Waals surface area contributed by atoms with Crippen molar-refractivity contribution in [3.05, 3.63) is 83.9 Å². The first kappa shape index (κ1) is 20.1. The van der Waals surface area contributed by atoms with Crippen molar-refractivity contribution in [3.63, 3.8) is 0 Å². The Kier molecular flexibility index (Phi) is 5.43. The van der Waals surface area contributed by atoms with Crippen LogP contribution in [0.25, 0.3) is 11.1 Å². The monoisotopic (exact) mass is 414 g/mol. The molecule has 2 fully saturated rings. The summed E-state index contributed by atoms with van der Waals surface area (Å²) in [5, 5.41) is 0. The second-order valence-corrected chi connectivity index (χ2v) is 9.06. The van der Waals surface area contributed by atoms with Crippen LogP contribution in [0.4, 0.5) is 5.69 Å².